The maximum Gasteiger partial charge on any atom is 0.349 e. The average molecular weight is 523 g/mol. The summed E-state index contributed by atoms with van der Waals surface area (Å²) < 4.78 is 28.6. The number of anilines is 4. The fourth-order valence-electron chi connectivity index (χ4n) is 3.23. The molecule has 0 radical (unpaired) electrons. The Kier molecular flexibility index (Phi) is 7.13. The Morgan fingerprint density at radius 2 is 1.68 bits per heavy atom. The van der Waals surface area contributed by atoms with Crippen LogP contribution in [0.4, 0.5) is 28.1 Å². The van der Waals surface area contributed by atoms with Gasteiger partial charge in [-0.05, 0) is 55.0 Å². The number of nitrogens with two attached hydrogens (primary N) is 2. The van der Waals surface area contributed by atoms with Crippen LogP contribution in [0.25, 0.3) is 11.1 Å². The third-order valence-electron chi connectivity index (χ3n) is 4.98. The molecule has 0 aliphatic heterocycles. The lowest BCUT2D eigenvalue weighted by Gasteiger charge is -2.08. The van der Waals surface area contributed by atoms with Gasteiger partial charge in [0.2, 0.25) is 21.9 Å². The molecular weight excluding hydrogens is 500 g/mol. The summed E-state index contributed by atoms with van der Waals surface area (Å²) in [5.74, 6) is -0.597. The minimum atomic E-state index is -3.82. The van der Waals surface area contributed by atoms with Crippen molar-refractivity contribution in [1.82, 2.24) is 19.7 Å². The minimum absolute atomic E-state index is 0.0281. The number of hydrogen-bond donors (Lipinski definition) is 4. The van der Waals surface area contributed by atoms with Crippen LogP contribution in [0.1, 0.15) is 17.3 Å². The monoisotopic (exact) mass is 522 g/mol. The third-order valence-corrected chi connectivity index (χ3v) is 5.91. The van der Waals surface area contributed by atoms with Gasteiger partial charge in [-0.3, -0.25) is 4.98 Å². The quantitative estimate of drug-likeness (QED) is 0.262. The molecular formula is C23H22N8O5S. The molecule has 6 N–H and O–H groups in total. The van der Waals surface area contributed by atoms with E-state index in [2.05, 4.69) is 25.7 Å². The second-order valence-electron chi connectivity index (χ2n) is 7.59. The largest absolute Gasteiger partial charge is 0.462 e. The zero-order valence-electron chi connectivity index (χ0n) is 19.5. The number of primary sulfonamides is 1. The molecule has 0 aliphatic carbocycles. The van der Waals surface area contributed by atoms with Crippen LogP contribution in [0, 0.1) is 0 Å². The number of nitrogen functional groups attached to an aromatic ring is 1. The second kappa shape index (κ2) is 10.4. The van der Waals surface area contributed by atoms with Gasteiger partial charge < -0.3 is 21.1 Å². The zero-order valence-corrected chi connectivity index (χ0v) is 20.3. The molecule has 0 aliphatic rings. The van der Waals surface area contributed by atoms with E-state index >= 15 is 0 Å². The summed E-state index contributed by atoms with van der Waals surface area (Å²) in [6.07, 6.45) is 3.05. The second-order valence-corrected chi connectivity index (χ2v) is 9.15. The van der Waals surface area contributed by atoms with Gasteiger partial charge >= 0.3 is 12.0 Å². The number of esters is 1. The highest BCUT2D eigenvalue weighted by Gasteiger charge is 2.15. The highest BCUT2D eigenvalue weighted by atomic mass is 32.2. The van der Waals surface area contributed by atoms with E-state index in [4.69, 9.17) is 15.6 Å². The Bertz CT molecular complexity index is 1550. The number of aromatic nitrogens is 4. The van der Waals surface area contributed by atoms with Crippen molar-refractivity contribution >= 4 is 45.3 Å². The van der Waals surface area contributed by atoms with Crippen molar-refractivity contribution in [2.75, 3.05) is 23.0 Å². The summed E-state index contributed by atoms with van der Waals surface area (Å²) in [6.45, 7) is 1.99. The van der Waals surface area contributed by atoms with Crippen molar-refractivity contribution < 1.29 is 22.7 Å². The molecule has 4 rings (SSSR count). The first-order valence-electron chi connectivity index (χ1n) is 10.8. The maximum absolute atomic E-state index is 12.7. The Morgan fingerprint density at radius 3 is 2.32 bits per heavy atom. The Morgan fingerprint density at radius 1 is 1.00 bits per heavy atom. The number of carbonyl (C=O) groups excluding carboxylic acids is 2. The highest BCUT2D eigenvalue weighted by molar-refractivity contribution is 7.89. The molecule has 0 saturated heterocycles. The lowest BCUT2D eigenvalue weighted by Crippen LogP contribution is -2.22. The molecule has 2 aromatic heterocycles. The summed E-state index contributed by atoms with van der Waals surface area (Å²) >= 11 is 0. The van der Waals surface area contributed by atoms with Crippen LogP contribution >= 0.6 is 0 Å². The summed E-state index contributed by atoms with van der Waals surface area (Å²) in [4.78, 5) is 32.7. The molecule has 37 heavy (non-hydrogen) atoms. The SMILES string of the molecule is CCOC(=O)c1cncc(-c2ccc(NC(=O)n3nc(Nc4ccc(S(N)(=O)=O)cc4)nc3N)cc2)c1. The fourth-order valence-corrected chi connectivity index (χ4v) is 3.75. The van der Waals surface area contributed by atoms with Crippen molar-refractivity contribution in [3.63, 3.8) is 0 Å². The first-order valence-corrected chi connectivity index (χ1v) is 12.3. The first kappa shape index (κ1) is 25.3. The van der Waals surface area contributed by atoms with E-state index in [-0.39, 0.29) is 23.4 Å². The third kappa shape index (κ3) is 6.06. The van der Waals surface area contributed by atoms with Crippen LogP contribution in [-0.2, 0) is 14.8 Å². The molecule has 0 bridgehead atoms. The van der Waals surface area contributed by atoms with Gasteiger partial charge in [-0.2, -0.15) is 4.98 Å². The van der Waals surface area contributed by atoms with Crippen LogP contribution in [-0.4, -0.2) is 46.8 Å². The van der Waals surface area contributed by atoms with Crippen molar-refractivity contribution in [1.29, 1.82) is 0 Å². The normalized spacial score (nSPS) is 11.1. The number of amides is 1. The molecule has 0 spiro atoms. The molecule has 4 aromatic rings. The highest BCUT2D eigenvalue weighted by Crippen LogP contribution is 2.23. The molecule has 14 heteroatoms. The number of rotatable bonds is 7. The van der Waals surface area contributed by atoms with Crippen molar-refractivity contribution in [2.24, 2.45) is 5.14 Å². The summed E-state index contributed by atoms with van der Waals surface area (Å²) in [7, 11) is -3.82. The van der Waals surface area contributed by atoms with Crippen LogP contribution in [0.5, 0.6) is 0 Å². The number of sulfonamides is 1. The van der Waals surface area contributed by atoms with Crippen molar-refractivity contribution in [3.05, 3.63) is 72.6 Å². The van der Waals surface area contributed by atoms with Gasteiger partial charge in [0, 0.05) is 29.3 Å². The number of ether oxygens (including phenoxy) is 1. The van der Waals surface area contributed by atoms with Gasteiger partial charge in [0.05, 0.1) is 17.1 Å². The minimum Gasteiger partial charge on any atom is -0.462 e. The van der Waals surface area contributed by atoms with E-state index in [1.54, 1.807) is 43.5 Å². The van der Waals surface area contributed by atoms with E-state index in [1.807, 2.05) is 0 Å². The van der Waals surface area contributed by atoms with Crippen LogP contribution in [0.3, 0.4) is 0 Å². The van der Waals surface area contributed by atoms with Gasteiger partial charge in [0.15, 0.2) is 0 Å². The number of benzene rings is 2. The molecule has 0 unspecified atom stereocenters. The standard InChI is InChI=1S/C23H22N8O5S/c1-2-36-20(32)16-11-15(12-26-13-16)14-3-5-18(6-4-14)28-23(33)31-21(24)29-22(30-31)27-17-7-9-19(10-8-17)37(25,34)35/h3-13H,2H2,1H3,(H,28,33)(H2,25,34,35)(H3,24,27,29,30). The van der Waals surface area contributed by atoms with Crippen molar-refractivity contribution in [3.8, 4) is 11.1 Å². The predicted octanol–water partition coefficient (Wildman–Crippen LogP) is 2.57. The number of carbonyl (C=O) groups is 2. The lowest BCUT2D eigenvalue weighted by molar-refractivity contribution is 0.0526. The molecule has 0 atom stereocenters. The van der Waals surface area contributed by atoms with Gasteiger partial charge in [0.1, 0.15) is 0 Å². The van der Waals surface area contributed by atoms with E-state index in [0.717, 1.165) is 10.2 Å². The predicted molar refractivity (Wildman–Crippen MR) is 136 cm³/mol. The van der Waals surface area contributed by atoms with Crippen LogP contribution in [0.15, 0.2) is 71.9 Å². The number of nitrogens with one attached hydrogen (secondary N) is 2. The van der Waals surface area contributed by atoms with E-state index in [9.17, 15) is 18.0 Å². The Balaban J connectivity index is 1.43. The molecule has 1 amide bonds. The van der Waals surface area contributed by atoms with Gasteiger partial charge in [-0.15, -0.1) is 9.78 Å². The van der Waals surface area contributed by atoms with Crippen LogP contribution in [0.2, 0.25) is 0 Å². The number of hydrogen-bond acceptors (Lipinski definition) is 10. The summed E-state index contributed by atoms with van der Waals surface area (Å²) in [6, 6.07) is 13.4. The van der Waals surface area contributed by atoms with E-state index in [1.165, 1.54) is 30.5 Å². The maximum atomic E-state index is 12.7. The summed E-state index contributed by atoms with van der Waals surface area (Å²) in [5, 5.41) is 14.6. The topological polar surface area (TPSA) is 197 Å². The van der Waals surface area contributed by atoms with E-state index in [0.29, 0.717) is 22.5 Å². The first-order chi connectivity index (χ1) is 17.6. The molecule has 13 nitrogen and oxygen atoms in total. The van der Waals surface area contributed by atoms with Gasteiger partial charge in [-0.25, -0.2) is 23.1 Å². The zero-order chi connectivity index (χ0) is 26.6. The Hall–Kier alpha value is -4.82. The molecule has 0 fully saturated rings. The summed E-state index contributed by atoms with van der Waals surface area (Å²) in [5.41, 5.74) is 8.58. The molecule has 2 heterocycles. The van der Waals surface area contributed by atoms with Crippen molar-refractivity contribution in [2.45, 2.75) is 11.8 Å². The van der Waals surface area contributed by atoms with Gasteiger partial charge in [-0.1, -0.05) is 12.1 Å². The number of pyridine rings is 1. The molecule has 0 saturated carbocycles. The molecule has 190 valence electrons. The Labute approximate surface area is 211 Å². The van der Waals surface area contributed by atoms with Crippen LogP contribution < -0.4 is 21.5 Å². The molecule has 2 aromatic carbocycles. The smallest absolute Gasteiger partial charge is 0.349 e. The van der Waals surface area contributed by atoms with E-state index < -0.39 is 22.0 Å². The average Bonchev–Trinajstić information content (AvgIpc) is 3.24. The fraction of sp³-hybridized carbons (Fsp3) is 0.0870. The van der Waals surface area contributed by atoms with Gasteiger partial charge in [0.25, 0.3) is 0 Å². The lowest BCUT2D eigenvalue weighted by atomic mass is 10.1. The number of nitrogens with zero attached hydrogens (tertiary/aromatic N) is 4.